The average molecular weight is 267 g/mol. The van der Waals surface area contributed by atoms with E-state index in [2.05, 4.69) is 5.32 Å². The first kappa shape index (κ1) is 15.9. The van der Waals surface area contributed by atoms with Crippen LogP contribution in [-0.4, -0.2) is 47.9 Å². The van der Waals surface area contributed by atoms with Crippen LogP contribution in [0.25, 0.3) is 0 Å². The summed E-state index contributed by atoms with van der Waals surface area (Å²) >= 11 is 0. The molecule has 0 aromatic carbocycles. The third kappa shape index (κ3) is 3.42. The first-order valence-corrected chi connectivity index (χ1v) is 7.12. The zero-order valence-electron chi connectivity index (χ0n) is 12.4. The summed E-state index contributed by atoms with van der Waals surface area (Å²) in [5.74, 6) is -0.0500. The minimum atomic E-state index is -0.180. The Labute approximate surface area is 115 Å². The van der Waals surface area contributed by atoms with Crippen LogP contribution in [0.3, 0.4) is 0 Å². The van der Waals surface area contributed by atoms with Crippen LogP contribution in [0.15, 0.2) is 11.8 Å². The van der Waals surface area contributed by atoms with Gasteiger partial charge in [0.1, 0.15) is 0 Å². The quantitative estimate of drug-likeness (QED) is 0.820. The van der Waals surface area contributed by atoms with Crippen molar-refractivity contribution in [3.8, 4) is 0 Å². The van der Waals surface area contributed by atoms with Crippen molar-refractivity contribution < 1.29 is 9.59 Å². The summed E-state index contributed by atoms with van der Waals surface area (Å²) < 4.78 is 0. The van der Waals surface area contributed by atoms with Gasteiger partial charge in [-0.1, -0.05) is 19.9 Å². The zero-order chi connectivity index (χ0) is 14.4. The Balaban J connectivity index is 0.000000861. The van der Waals surface area contributed by atoms with Crippen LogP contribution in [0.1, 0.15) is 40.0 Å². The maximum absolute atomic E-state index is 12.4. The first-order chi connectivity index (χ1) is 9.15. The Morgan fingerprint density at radius 3 is 2.63 bits per heavy atom. The molecule has 2 rings (SSSR count). The lowest BCUT2D eigenvalue weighted by Crippen LogP contribution is -2.53. The number of allylic oxidation sites excluding steroid dienone is 1. The SMILES string of the molecule is CC.CNC1CCCN2CCC=C(C(C)=O)N2C1=O. The molecule has 0 bridgehead atoms. The number of carbonyl (C=O) groups is 2. The summed E-state index contributed by atoms with van der Waals surface area (Å²) in [6.07, 6.45) is 4.50. The molecule has 1 atom stereocenters. The molecule has 1 unspecified atom stereocenters. The van der Waals surface area contributed by atoms with Gasteiger partial charge in [0.25, 0.3) is 5.91 Å². The molecule has 1 fully saturated rings. The predicted octanol–water partition coefficient (Wildman–Crippen LogP) is 1.32. The molecular weight excluding hydrogens is 242 g/mol. The van der Waals surface area contributed by atoms with Crippen LogP contribution >= 0.6 is 0 Å². The number of nitrogens with one attached hydrogen (secondary N) is 1. The number of Topliss-reactive ketones (excluding diaryl/α,β-unsaturated/α-hetero) is 1. The first-order valence-electron chi connectivity index (χ1n) is 7.12. The zero-order valence-corrected chi connectivity index (χ0v) is 12.4. The minimum Gasteiger partial charge on any atom is -0.309 e. The Kier molecular flexibility index (Phi) is 6.18. The molecule has 0 aromatic heterocycles. The number of fused-ring (bicyclic) bond motifs is 1. The normalized spacial score (nSPS) is 23.8. The highest BCUT2D eigenvalue weighted by Crippen LogP contribution is 2.23. The van der Waals surface area contributed by atoms with Crippen molar-refractivity contribution in [1.29, 1.82) is 0 Å². The Hall–Kier alpha value is -1.20. The molecule has 2 aliphatic rings. The fourth-order valence-electron chi connectivity index (χ4n) is 2.47. The van der Waals surface area contributed by atoms with E-state index >= 15 is 0 Å². The summed E-state index contributed by atoms with van der Waals surface area (Å²) in [7, 11) is 1.79. The van der Waals surface area contributed by atoms with Gasteiger partial charge in [-0.3, -0.25) is 9.59 Å². The molecule has 0 aromatic rings. The van der Waals surface area contributed by atoms with E-state index in [1.54, 1.807) is 12.1 Å². The van der Waals surface area contributed by atoms with Crippen molar-refractivity contribution in [3.05, 3.63) is 11.8 Å². The topological polar surface area (TPSA) is 52.7 Å². The number of hydrogen-bond donors (Lipinski definition) is 1. The molecular formula is C14H25N3O2. The number of ketones is 1. The van der Waals surface area contributed by atoms with Crippen LogP contribution in [-0.2, 0) is 9.59 Å². The fourth-order valence-corrected chi connectivity index (χ4v) is 2.47. The Bertz CT molecular complexity index is 366. The van der Waals surface area contributed by atoms with E-state index in [0.717, 1.165) is 32.4 Å². The van der Waals surface area contributed by atoms with Crippen LogP contribution in [0.5, 0.6) is 0 Å². The van der Waals surface area contributed by atoms with Gasteiger partial charge in [0, 0.05) is 20.0 Å². The lowest BCUT2D eigenvalue weighted by Gasteiger charge is -2.37. The van der Waals surface area contributed by atoms with Gasteiger partial charge >= 0.3 is 0 Å². The predicted molar refractivity (Wildman–Crippen MR) is 75.2 cm³/mol. The van der Waals surface area contributed by atoms with Crippen molar-refractivity contribution in [2.45, 2.75) is 46.1 Å². The van der Waals surface area contributed by atoms with Crippen molar-refractivity contribution in [2.75, 3.05) is 20.1 Å². The van der Waals surface area contributed by atoms with Gasteiger partial charge in [-0.05, 0) is 26.3 Å². The maximum Gasteiger partial charge on any atom is 0.258 e. The summed E-state index contributed by atoms with van der Waals surface area (Å²) in [5, 5.41) is 6.61. The highest BCUT2D eigenvalue weighted by Gasteiger charge is 2.35. The largest absolute Gasteiger partial charge is 0.309 e. The van der Waals surface area contributed by atoms with E-state index in [4.69, 9.17) is 0 Å². The second-order valence-corrected chi connectivity index (χ2v) is 4.52. The molecule has 0 radical (unpaired) electrons. The van der Waals surface area contributed by atoms with Crippen molar-refractivity contribution >= 4 is 11.7 Å². The number of amides is 1. The van der Waals surface area contributed by atoms with Gasteiger partial charge < -0.3 is 5.32 Å². The summed E-state index contributed by atoms with van der Waals surface area (Å²) in [4.78, 5) is 24.0. The maximum atomic E-state index is 12.4. The van der Waals surface area contributed by atoms with E-state index in [9.17, 15) is 9.59 Å². The summed E-state index contributed by atoms with van der Waals surface area (Å²) in [6.45, 7) is 7.18. The van der Waals surface area contributed by atoms with Crippen molar-refractivity contribution in [1.82, 2.24) is 15.3 Å². The highest BCUT2D eigenvalue weighted by atomic mass is 16.2. The van der Waals surface area contributed by atoms with Gasteiger partial charge in [-0.25, -0.2) is 10.0 Å². The average Bonchev–Trinajstić information content (AvgIpc) is 2.60. The van der Waals surface area contributed by atoms with Crippen molar-refractivity contribution in [3.63, 3.8) is 0 Å². The molecule has 5 nitrogen and oxygen atoms in total. The molecule has 0 spiro atoms. The summed E-state index contributed by atoms with van der Waals surface area (Å²) in [5.41, 5.74) is 0.531. The third-order valence-corrected chi connectivity index (χ3v) is 3.36. The van der Waals surface area contributed by atoms with Gasteiger partial charge in [0.15, 0.2) is 5.78 Å². The monoisotopic (exact) mass is 267 g/mol. The molecule has 2 aliphatic heterocycles. The van der Waals surface area contributed by atoms with E-state index in [-0.39, 0.29) is 17.7 Å². The van der Waals surface area contributed by atoms with Gasteiger partial charge in [-0.2, -0.15) is 0 Å². The fraction of sp³-hybridized carbons (Fsp3) is 0.714. The van der Waals surface area contributed by atoms with Crippen LogP contribution in [0, 0.1) is 0 Å². The van der Waals surface area contributed by atoms with E-state index < -0.39 is 0 Å². The molecule has 2 heterocycles. The Morgan fingerprint density at radius 1 is 1.37 bits per heavy atom. The van der Waals surface area contributed by atoms with Gasteiger partial charge in [-0.15, -0.1) is 0 Å². The second-order valence-electron chi connectivity index (χ2n) is 4.52. The molecule has 19 heavy (non-hydrogen) atoms. The van der Waals surface area contributed by atoms with E-state index in [0.29, 0.717) is 5.70 Å². The lowest BCUT2D eigenvalue weighted by molar-refractivity contribution is -0.148. The molecule has 1 saturated heterocycles. The van der Waals surface area contributed by atoms with Crippen LogP contribution in [0.2, 0.25) is 0 Å². The molecule has 108 valence electrons. The number of hydrazine groups is 1. The van der Waals surface area contributed by atoms with Gasteiger partial charge in [0.2, 0.25) is 0 Å². The number of rotatable bonds is 2. The van der Waals surface area contributed by atoms with Crippen LogP contribution < -0.4 is 5.32 Å². The molecule has 0 aliphatic carbocycles. The van der Waals surface area contributed by atoms with Crippen LogP contribution in [0.4, 0.5) is 0 Å². The number of nitrogens with zero attached hydrogens (tertiary/aromatic N) is 2. The smallest absolute Gasteiger partial charge is 0.258 e. The highest BCUT2D eigenvalue weighted by molar-refractivity contribution is 5.98. The molecule has 1 N–H and O–H groups in total. The van der Waals surface area contributed by atoms with E-state index in [1.165, 1.54) is 6.92 Å². The number of carbonyl (C=O) groups excluding carboxylic acids is 2. The summed E-state index contributed by atoms with van der Waals surface area (Å²) in [6, 6.07) is -0.180. The standard InChI is InChI=1S/C12H19N3O2.C2H6/c1-9(16)11-6-4-8-14-7-3-5-10(13-2)12(17)15(11)14;1-2/h6,10,13H,3-5,7-8H2,1-2H3;1-2H3. The molecule has 0 saturated carbocycles. The number of likely N-dealkylation sites (N-methyl/N-ethyl adjacent to an activating group) is 1. The Morgan fingerprint density at radius 2 is 2.05 bits per heavy atom. The van der Waals surface area contributed by atoms with Crippen molar-refractivity contribution in [2.24, 2.45) is 0 Å². The molecule has 5 heteroatoms. The number of hydrogen-bond acceptors (Lipinski definition) is 4. The third-order valence-electron chi connectivity index (χ3n) is 3.36. The van der Waals surface area contributed by atoms with Gasteiger partial charge in [0.05, 0.1) is 11.7 Å². The second kappa shape index (κ2) is 7.40. The minimum absolute atomic E-state index is 0.00819. The molecule has 1 amide bonds. The van der Waals surface area contributed by atoms with E-state index in [1.807, 2.05) is 24.9 Å². The lowest BCUT2D eigenvalue weighted by atomic mass is 10.1.